The minimum Gasteiger partial charge on any atom is -0.361 e. The summed E-state index contributed by atoms with van der Waals surface area (Å²) in [4.78, 5) is 49.5. The number of carbonyl (C=O) groups is 3. The van der Waals surface area contributed by atoms with Crippen LogP contribution in [-0.4, -0.2) is 87.5 Å². The fourth-order valence-electron chi connectivity index (χ4n) is 8.81. The summed E-state index contributed by atoms with van der Waals surface area (Å²) in [5.74, 6) is -3.20. The second-order valence-corrected chi connectivity index (χ2v) is 13.3. The number of carbonyl (C=O) groups excluding carboxylic acids is 3. The highest BCUT2D eigenvalue weighted by Crippen LogP contribution is 2.46. The maximum absolute atomic E-state index is 14.2. The first-order valence-electron chi connectivity index (χ1n) is 15.5. The highest BCUT2D eigenvalue weighted by molar-refractivity contribution is 5.97. The molecular formula is C33H38N5O5+. The predicted molar refractivity (Wildman–Crippen MR) is 156 cm³/mol. The van der Waals surface area contributed by atoms with Crippen LogP contribution in [0.5, 0.6) is 0 Å². The first-order valence-corrected chi connectivity index (χ1v) is 15.5. The Labute approximate surface area is 250 Å². The van der Waals surface area contributed by atoms with Crippen LogP contribution in [0, 0.1) is 5.92 Å². The number of nitrogens with one attached hydrogen (secondary N) is 3. The number of piperidine rings is 1. The van der Waals surface area contributed by atoms with Crippen molar-refractivity contribution in [1.82, 2.24) is 20.1 Å². The molecule has 0 radical (unpaired) electrons. The van der Waals surface area contributed by atoms with E-state index in [1.807, 2.05) is 30.3 Å². The molecular weight excluding hydrogens is 546 g/mol. The van der Waals surface area contributed by atoms with Crippen molar-refractivity contribution in [3.63, 3.8) is 0 Å². The van der Waals surface area contributed by atoms with Gasteiger partial charge in [0.15, 0.2) is 0 Å². The van der Waals surface area contributed by atoms with Gasteiger partial charge in [-0.3, -0.25) is 24.0 Å². The van der Waals surface area contributed by atoms with E-state index in [1.54, 1.807) is 4.90 Å². The zero-order valence-corrected chi connectivity index (χ0v) is 24.5. The van der Waals surface area contributed by atoms with E-state index in [1.165, 1.54) is 33.2 Å². The first kappa shape index (κ1) is 26.9. The first-order chi connectivity index (χ1) is 20.7. The van der Waals surface area contributed by atoms with Crippen molar-refractivity contribution in [2.75, 3.05) is 20.1 Å². The predicted octanol–water partition coefficient (Wildman–Crippen LogP) is 0.664. The monoisotopic (exact) mass is 584 g/mol. The van der Waals surface area contributed by atoms with Gasteiger partial charge in [-0.05, 0) is 48.9 Å². The number of aromatic amines is 1. The molecule has 0 spiro atoms. The van der Waals surface area contributed by atoms with Gasteiger partial charge in [-0.25, -0.2) is 0 Å². The molecule has 4 saturated heterocycles. The zero-order valence-electron chi connectivity index (χ0n) is 24.5. The number of fused-ring (bicyclic) bond motifs is 5. The van der Waals surface area contributed by atoms with Crippen LogP contribution < -0.4 is 10.2 Å². The Hall–Kier alpha value is -3.73. The smallest absolute Gasteiger partial charge is 0.280 e. The normalized spacial score (nSPS) is 36.4. The lowest BCUT2D eigenvalue weighted by Crippen LogP contribution is -3.16. The van der Waals surface area contributed by atoms with Crippen LogP contribution in [0.2, 0.25) is 0 Å². The number of hydrogen-bond acceptors (Lipinski definition) is 5. The van der Waals surface area contributed by atoms with Gasteiger partial charge < -0.3 is 25.2 Å². The average Bonchev–Trinajstić information content (AvgIpc) is 3.70. The van der Waals surface area contributed by atoms with E-state index in [-0.39, 0.29) is 30.1 Å². The summed E-state index contributed by atoms with van der Waals surface area (Å²) in [7, 11) is 2.14. The number of nitrogens with zero attached hydrogens (tertiary/aromatic N) is 2. The number of amides is 3. The number of hydrogen-bond donors (Lipinski definition) is 4. The average molecular weight is 585 g/mol. The highest BCUT2D eigenvalue weighted by atomic mass is 16.7. The van der Waals surface area contributed by atoms with Gasteiger partial charge in [-0.1, -0.05) is 42.5 Å². The van der Waals surface area contributed by atoms with E-state index < -0.39 is 29.6 Å². The molecule has 2 aromatic carbocycles. The van der Waals surface area contributed by atoms with E-state index in [9.17, 15) is 19.5 Å². The Bertz CT molecular complexity index is 1640. The van der Waals surface area contributed by atoms with E-state index in [2.05, 4.69) is 41.7 Å². The number of rotatable bonds is 4. The van der Waals surface area contributed by atoms with Crippen LogP contribution in [0.4, 0.5) is 0 Å². The third-order valence-electron chi connectivity index (χ3n) is 10.8. The molecule has 0 bridgehead atoms. The Morgan fingerprint density at radius 2 is 2.00 bits per heavy atom. The van der Waals surface area contributed by atoms with Crippen molar-refractivity contribution in [3.8, 4) is 0 Å². The molecule has 4 N–H and O–H groups in total. The Balaban J connectivity index is 1.08. The van der Waals surface area contributed by atoms with Crippen LogP contribution in [0.25, 0.3) is 10.9 Å². The van der Waals surface area contributed by atoms with Crippen molar-refractivity contribution in [2.45, 2.75) is 74.7 Å². The zero-order chi connectivity index (χ0) is 29.7. The van der Waals surface area contributed by atoms with Gasteiger partial charge in [0.1, 0.15) is 12.1 Å². The Morgan fingerprint density at radius 1 is 1.19 bits per heavy atom. The number of ether oxygens (including phenoxy) is 1. The second-order valence-electron chi connectivity index (χ2n) is 13.3. The summed E-state index contributed by atoms with van der Waals surface area (Å²) < 4.78 is 6.26. The lowest BCUT2D eigenvalue weighted by Gasteiger charge is -2.48. The van der Waals surface area contributed by atoms with Gasteiger partial charge in [0.05, 0.1) is 25.6 Å². The minimum absolute atomic E-state index is 0.192. The third kappa shape index (κ3) is 3.86. The standard InChI is InChI=1S/C33H37N5O5/c1-32(35-29(39)21-15-23-22-10-6-11-24-28(22)20(17-34-24)16-25(23)36(2)18-21)31(41)38-26(14-19-8-4-3-5-9-19)30(40)37-13-7-12-27(37)33(38,42)43-32/h3-6,8-11,17,21,23,25-27,34,42H,7,12-16,18H2,1-2H3,(H,35,39)/p+1/t21-,23-,25+,26+,27-,32+,33+/m1/s1. The fraction of sp³-hybridized carbons (Fsp3) is 0.485. The van der Waals surface area contributed by atoms with Crippen molar-refractivity contribution < 1.29 is 29.1 Å². The highest BCUT2D eigenvalue weighted by Gasteiger charge is 2.70. The molecule has 4 fully saturated rings. The van der Waals surface area contributed by atoms with Gasteiger partial charge in [-0.15, -0.1) is 0 Å². The van der Waals surface area contributed by atoms with Gasteiger partial charge in [0.25, 0.3) is 11.8 Å². The van der Waals surface area contributed by atoms with Crippen molar-refractivity contribution in [3.05, 3.63) is 71.4 Å². The van der Waals surface area contributed by atoms with E-state index in [4.69, 9.17) is 4.74 Å². The number of aliphatic hydroxyl groups is 1. The summed E-state index contributed by atoms with van der Waals surface area (Å²) in [6, 6.07) is 14.6. The number of benzene rings is 2. The maximum atomic E-state index is 14.2. The number of H-pyrrole nitrogens is 1. The van der Waals surface area contributed by atoms with Gasteiger partial charge in [-0.2, -0.15) is 0 Å². The topological polar surface area (TPSA) is 119 Å². The molecule has 3 aromatic rings. The largest absolute Gasteiger partial charge is 0.361 e. The van der Waals surface area contributed by atoms with Crippen LogP contribution in [0.15, 0.2) is 54.7 Å². The molecule has 5 aliphatic rings. The SMILES string of the molecule is C[NH+]1C[C@H](C(=O)N[C@@]2(C)O[C@@]3(O)[C@H]4CCCN4C(=O)[C@H](Cc4ccccc4)N3C2=O)C[C@@H]2c3cccc4[nH]cc(c34)C[C@@H]21. The molecule has 224 valence electrons. The quantitative estimate of drug-likeness (QED) is 0.360. The lowest BCUT2D eigenvalue weighted by molar-refractivity contribution is -0.915. The molecule has 1 aliphatic carbocycles. The molecule has 10 heteroatoms. The molecule has 4 aliphatic heterocycles. The van der Waals surface area contributed by atoms with E-state index >= 15 is 0 Å². The van der Waals surface area contributed by atoms with Crippen LogP contribution in [-0.2, 0) is 32.0 Å². The molecule has 1 aromatic heterocycles. The summed E-state index contributed by atoms with van der Waals surface area (Å²) in [5, 5.41) is 16.3. The molecule has 1 unspecified atom stereocenters. The summed E-state index contributed by atoms with van der Waals surface area (Å²) in [6.45, 7) is 2.65. The number of piperazine rings is 1. The third-order valence-corrected chi connectivity index (χ3v) is 10.8. The van der Waals surface area contributed by atoms with E-state index in [0.29, 0.717) is 38.4 Å². The molecule has 10 nitrogen and oxygen atoms in total. The van der Waals surface area contributed by atoms with Crippen molar-refractivity contribution in [1.29, 1.82) is 0 Å². The van der Waals surface area contributed by atoms with Gasteiger partial charge in [0.2, 0.25) is 17.5 Å². The summed E-state index contributed by atoms with van der Waals surface area (Å²) in [6.07, 6.45) is 5.21. The summed E-state index contributed by atoms with van der Waals surface area (Å²) in [5.41, 5.74) is 2.80. The molecule has 8 atom stereocenters. The van der Waals surface area contributed by atoms with E-state index in [0.717, 1.165) is 17.5 Å². The molecule has 3 amide bonds. The number of aromatic nitrogens is 1. The van der Waals surface area contributed by atoms with Gasteiger partial charge in [0, 0.05) is 42.4 Å². The maximum Gasteiger partial charge on any atom is 0.280 e. The lowest BCUT2D eigenvalue weighted by atomic mass is 9.72. The minimum atomic E-state index is -2.02. The Morgan fingerprint density at radius 3 is 2.81 bits per heavy atom. The van der Waals surface area contributed by atoms with Crippen molar-refractivity contribution in [2.24, 2.45) is 5.92 Å². The number of likely N-dealkylation sites (tertiary alicyclic amines) is 1. The molecule has 43 heavy (non-hydrogen) atoms. The fourth-order valence-corrected chi connectivity index (χ4v) is 8.81. The number of quaternary nitrogens is 1. The molecule has 8 rings (SSSR count). The van der Waals surface area contributed by atoms with Crippen LogP contribution >= 0.6 is 0 Å². The van der Waals surface area contributed by atoms with Crippen molar-refractivity contribution >= 4 is 28.6 Å². The van der Waals surface area contributed by atoms with Crippen LogP contribution in [0.1, 0.15) is 48.8 Å². The second kappa shape index (κ2) is 9.38. The molecule has 5 heterocycles. The number of likely N-dealkylation sites (N-methyl/N-ethyl adjacent to an activating group) is 1. The molecule has 0 saturated carbocycles. The van der Waals surface area contributed by atoms with Crippen LogP contribution in [0.3, 0.4) is 0 Å². The van der Waals surface area contributed by atoms with Gasteiger partial charge >= 0.3 is 0 Å². The Kier molecular flexibility index (Phi) is 5.86. The summed E-state index contributed by atoms with van der Waals surface area (Å²) >= 11 is 0.